The first kappa shape index (κ1) is 12.5. The molecule has 0 saturated heterocycles. The molecular formula is C10H9N7O2S. The number of aryl methyl sites for hydroxylation is 1. The summed E-state index contributed by atoms with van der Waals surface area (Å²) in [7, 11) is 0. The van der Waals surface area contributed by atoms with Gasteiger partial charge in [-0.25, -0.2) is 19.7 Å². The monoisotopic (exact) mass is 291 g/mol. The van der Waals surface area contributed by atoms with Crippen molar-refractivity contribution in [3.05, 3.63) is 24.5 Å². The zero-order chi connectivity index (χ0) is 13.9. The van der Waals surface area contributed by atoms with Crippen LogP contribution in [-0.2, 0) is 6.54 Å². The van der Waals surface area contributed by atoms with Gasteiger partial charge >= 0.3 is 5.97 Å². The Bertz CT molecular complexity index is 753. The molecule has 0 amide bonds. The lowest BCUT2D eigenvalue weighted by Gasteiger charge is -2.01. The van der Waals surface area contributed by atoms with Gasteiger partial charge in [0.05, 0.1) is 19.1 Å². The Labute approximate surface area is 116 Å². The minimum Gasteiger partial charge on any atom is -0.476 e. The predicted octanol–water partition coefficient (Wildman–Crippen LogP) is 0.435. The van der Waals surface area contributed by atoms with Crippen molar-refractivity contribution in [3.8, 4) is 0 Å². The van der Waals surface area contributed by atoms with Gasteiger partial charge < -0.3 is 10.1 Å². The van der Waals surface area contributed by atoms with Gasteiger partial charge in [-0.15, -0.1) is 16.9 Å². The molecule has 3 aromatic heterocycles. The van der Waals surface area contributed by atoms with E-state index in [0.717, 1.165) is 10.5 Å². The maximum Gasteiger partial charge on any atom is 0.358 e. The molecule has 9 nitrogen and oxygen atoms in total. The van der Waals surface area contributed by atoms with Crippen LogP contribution in [0.15, 0.2) is 23.9 Å². The molecule has 0 aromatic carbocycles. The highest BCUT2D eigenvalue weighted by Gasteiger charge is 2.09. The summed E-state index contributed by atoms with van der Waals surface area (Å²) in [6.07, 6.45) is 4.43. The molecule has 20 heavy (non-hydrogen) atoms. The van der Waals surface area contributed by atoms with E-state index in [2.05, 4.69) is 30.2 Å². The minimum absolute atomic E-state index is 0.0620. The number of imidazole rings is 1. The lowest BCUT2D eigenvalue weighted by Crippen LogP contribution is -2.01. The van der Waals surface area contributed by atoms with Gasteiger partial charge in [-0.3, -0.25) is 4.68 Å². The summed E-state index contributed by atoms with van der Waals surface area (Å²) in [5.41, 5.74) is 1.35. The minimum atomic E-state index is -1.08. The number of carboxylic acids is 1. The Hall–Kier alpha value is -2.49. The third-order valence-electron chi connectivity index (χ3n) is 2.51. The fourth-order valence-electron chi connectivity index (χ4n) is 1.59. The van der Waals surface area contributed by atoms with E-state index in [0.29, 0.717) is 17.9 Å². The molecule has 0 unspecified atom stereocenters. The van der Waals surface area contributed by atoms with Crippen LogP contribution in [0.3, 0.4) is 0 Å². The molecule has 0 bridgehead atoms. The maximum atomic E-state index is 10.7. The highest BCUT2D eigenvalue weighted by atomic mass is 32.2. The first-order valence-corrected chi connectivity index (χ1v) is 6.63. The second-order valence-corrected chi connectivity index (χ2v) is 4.88. The largest absolute Gasteiger partial charge is 0.476 e. The van der Waals surface area contributed by atoms with Crippen molar-refractivity contribution >= 4 is 28.9 Å². The molecule has 2 N–H and O–H groups in total. The number of rotatable bonds is 5. The van der Waals surface area contributed by atoms with E-state index in [1.807, 2.05) is 0 Å². The third kappa shape index (κ3) is 2.45. The SMILES string of the molecule is O=C(O)c1cn(CCSc2ncnc3nc[nH]c23)nn1. The molecule has 0 saturated carbocycles. The molecule has 0 aliphatic rings. The molecule has 0 radical (unpaired) electrons. The predicted molar refractivity (Wildman–Crippen MR) is 69.4 cm³/mol. The summed E-state index contributed by atoms with van der Waals surface area (Å²) >= 11 is 1.51. The first-order chi connectivity index (χ1) is 9.74. The number of H-pyrrole nitrogens is 1. The molecule has 3 heterocycles. The number of fused-ring (bicyclic) bond motifs is 1. The van der Waals surface area contributed by atoms with Crippen LogP contribution in [0.5, 0.6) is 0 Å². The standard InChI is InChI=1S/C10H9N7O2S/c18-10(19)6-3-17(16-15-6)1-2-20-9-7-8(12-4-11-7)13-5-14-9/h3-5H,1-2H2,(H,18,19)(H,11,12,13,14). The van der Waals surface area contributed by atoms with E-state index in [9.17, 15) is 4.79 Å². The van der Waals surface area contributed by atoms with Crippen LogP contribution in [0.25, 0.3) is 11.2 Å². The number of aromatic amines is 1. The maximum absolute atomic E-state index is 10.7. The van der Waals surface area contributed by atoms with Crippen LogP contribution in [-0.4, -0.2) is 51.8 Å². The lowest BCUT2D eigenvalue weighted by molar-refractivity contribution is 0.0690. The normalized spacial score (nSPS) is 11.0. The molecule has 3 aromatic rings. The van der Waals surface area contributed by atoms with E-state index in [-0.39, 0.29) is 5.69 Å². The van der Waals surface area contributed by atoms with E-state index in [1.54, 1.807) is 6.33 Å². The third-order valence-corrected chi connectivity index (χ3v) is 3.47. The number of aromatic carboxylic acids is 1. The van der Waals surface area contributed by atoms with Crippen molar-refractivity contribution in [2.45, 2.75) is 11.6 Å². The Morgan fingerprint density at radius 3 is 3.10 bits per heavy atom. The topological polar surface area (TPSA) is 122 Å². The van der Waals surface area contributed by atoms with Crippen molar-refractivity contribution in [2.24, 2.45) is 0 Å². The van der Waals surface area contributed by atoms with Crippen LogP contribution >= 0.6 is 11.8 Å². The second-order valence-electron chi connectivity index (χ2n) is 3.80. The summed E-state index contributed by atoms with van der Waals surface area (Å²) in [5.74, 6) is -0.410. The van der Waals surface area contributed by atoms with Crippen molar-refractivity contribution in [1.82, 2.24) is 34.9 Å². The van der Waals surface area contributed by atoms with Gasteiger partial charge in [0.25, 0.3) is 0 Å². The number of hydrogen-bond donors (Lipinski definition) is 2. The molecule has 102 valence electrons. The molecule has 0 aliphatic heterocycles. The Morgan fingerprint density at radius 1 is 1.40 bits per heavy atom. The zero-order valence-electron chi connectivity index (χ0n) is 10.1. The van der Waals surface area contributed by atoms with Gasteiger partial charge in [-0.1, -0.05) is 5.21 Å². The van der Waals surface area contributed by atoms with Gasteiger partial charge in [-0.2, -0.15) is 0 Å². The van der Waals surface area contributed by atoms with Crippen molar-refractivity contribution in [1.29, 1.82) is 0 Å². The van der Waals surface area contributed by atoms with Crippen LogP contribution < -0.4 is 0 Å². The molecule has 0 aliphatic carbocycles. The van der Waals surface area contributed by atoms with Crippen molar-refractivity contribution in [2.75, 3.05) is 5.75 Å². The fraction of sp³-hybridized carbons (Fsp3) is 0.200. The number of hydrogen-bond acceptors (Lipinski definition) is 7. The molecule has 0 atom stereocenters. The van der Waals surface area contributed by atoms with Gasteiger partial charge in [-0.05, 0) is 0 Å². The Morgan fingerprint density at radius 2 is 2.30 bits per heavy atom. The van der Waals surface area contributed by atoms with Crippen LogP contribution in [0.1, 0.15) is 10.5 Å². The van der Waals surface area contributed by atoms with Crippen molar-refractivity contribution < 1.29 is 9.90 Å². The van der Waals surface area contributed by atoms with Gasteiger partial charge in [0.2, 0.25) is 0 Å². The van der Waals surface area contributed by atoms with E-state index in [1.165, 1.54) is 29.0 Å². The number of carboxylic acid groups (broad SMARTS) is 1. The van der Waals surface area contributed by atoms with E-state index < -0.39 is 5.97 Å². The van der Waals surface area contributed by atoms with Crippen molar-refractivity contribution in [3.63, 3.8) is 0 Å². The van der Waals surface area contributed by atoms with Gasteiger partial charge in [0.15, 0.2) is 11.3 Å². The molecule has 10 heteroatoms. The number of carbonyl (C=O) groups is 1. The van der Waals surface area contributed by atoms with Gasteiger partial charge in [0, 0.05) is 5.75 Å². The number of aromatic nitrogens is 7. The Kier molecular flexibility index (Phi) is 3.29. The highest BCUT2D eigenvalue weighted by Crippen LogP contribution is 2.21. The Balaban J connectivity index is 1.64. The second kappa shape index (κ2) is 5.25. The average molecular weight is 291 g/mol. The summed E-state index contributed by atoms with van der Waals surface area (Å²) in [6.45, 7) is 0.532. The molecular weight excluding hydrogens is 282 g/mol. The number of thioether (sulfide) groups is 1. The number of nitrogens with one attached hydrogen (secondary N) is 1. The average Bonchev–Trinajstić information content (AvgIpc) is 3.07. The van der Waals surface area contributed by atoms with E-state index >= 15 is 0 Å². The smallest absolute Gasteiger partial charge is 0.358 e. The fourth-order valence-corrected chi connectivity index (χ4v) is 2.48. The number of nitrogens with zero attached hydrogens (tertiary/aromatic N) is 6. The van der Waals surface area contributed by atoms with Crippen LogP contribution in [0.4, 0.5) is 0 Å². The summed E-state index contributed by atoms with van der Waals surface area (Å²) < 4.78 is 1.49. The molecule has 3 rings (SSSR count). The van der Waals surface area contributed by atoms with Gasteiger partial charge in [0.1, 0.15) is 16.9 Å². The van der Waals surface area contributed by atoms with Crippen LogP contribution in [0, 0.1) is 0 Å². The summed E-state index contributed by atoms with van der Waals surface area (Å²) in [5, 5.41) is 16.8. The summed E-state index contributed by atoms with van der Waals surface area (Å²) in [6, 6.07) is 0. The molecule has 0 spiro atoms. The first-order valence-electron chi connectivity index (χ1n) is 5.64. The lowest BCUT2D eigenvalue weighted by atomic mass is 10.5. The zero-order valence-corrected chi connectivity index (χ0v) is 10.9. The van der Waals surface area contributed by atoms with Crippen LogP contribution in [0.2, 0.25) is 0 Å². The summed E-state index contributed by atoms with van der Waals surface area (Å²) in [4.78, 5) is 25.9. The molecule has 0 fully saturated rings. The highest BCUT2D eigenvalue weighted by molar-refractivity contribution is 7.99. The van der Waals surface area contributed by atoms with E-state index in [4.69, 9.17) is 5.11 Å². The quantitative estimate of drug-likeness (QED) is 0.512.